The maximum absolute atomic E-state index is 14.2. The lowest BCUT2D eigenvalue weighted by Gasteiger charge is -2.10. The third-order valence-electron chi connectivity index (χ3n) is 2.95. The van der Waals surface area contributed by atoms with Crippen molar-refractivity contribution in [1.82, 2.24) is 9.97 Å². The molecule has 2 rings (SSSR count). The van der Waals surface area contributed by atoms with Crippen LogP contribution in [0.3, 0.4) is 0 Å². The van der Waals surface area contributed by atoms with Crippen molar-refractivity contribution in [2.24, 2.45) is 0 Å². The van der Waals surface area contributed by atoms with Crippen LogP contribution in [0.4, 0.5) is 15.9 Å². The van der Waals surface area contributed by atoms with Crippen LogP contribution in [-0.2, 0) is 0 Å². The molecule has 0 spiro atoms. The van der Waals surface area contributed by atoms with Crippen molar-refractivity contribution in [2.45, 2.75) is 20.8 Å². The molecule has 21 heavy (non-hydrogen) atoms. The van der Waals surface area contributed by atoms with E-state index in [9.17, 15) is 9.18 Å². The number of rotatable bonds is 4. The first-order valence-corrected chi connectivity index (χ1v) is 6.67. The van der Waals surface area contributed by atoms with Crippen LogP contribution in [0.2, 0.25) is 0 Å². The van der Waals surface area contributed by atoms with Crippen LogP contribution >= 0.6 is 0 Å². The summed E-state index contributed by atoms with van der Waals surface area (Å²) in [6.07, 6.45) is 1.40. The Labute approximate surface area is 122 Å². The first kappa shape index (κ1) is 14.9. The summed E-state index contributed by atoms with van der Waals surface area (Å²) in [5, 5.41) is 5.44. The van der Waals surface area contributed by atoms with Gasteiger partial charge in [-0.1, -0.05) is 0 Å². The van der Waals surface area contributed by atoms with E-state index in [2.05, 4.69) is 20.6 Å². The first-order valence-electron chi connectivity index (χ1n) is 6.67. The summed E-state index contributed by atoms with van der Waals surface area (Å²) in [7, 11) is 0. The van der Waals surface area contributed by atoms with Crippen LogP contribution in [-0.4, -0.2) is 22.4 Å². The Morgan fingerprint density at radius 2 is 2.05 bits per heavy atom. The van der Waals surface area contributed by atoms with Gasteiger partial charge in [0.2, 0.25) is 0 Å². The maximum Gasteiger partial charge on any atom is 0.258 e. The van der Waals surface area contributed by atoms with E-state index in [1.165, 1.54) is 12.3 Å². The Balaban J connectivity index is 2.26. The zero-order valence-electron chi connectivity index (χ0n) is 12.2. The molecule has 0 saturated carbocycles. The Morgan fingerprint density at radius 3 is 2.71 bits per heavy atom. The zero-order valence-corrected chi connectivity index (χ0v) is 12.2. The highest BCUT2D eigenvalue weighted by Gasteiger charge is 2.16. The van der Waals surface area contributed by atoms with Crippen molar-refractivity contribution in [3.05, 3.63) is 47.2 Å². The summed E-state index contributed by atoms with van der Waals surface area (Å²) in [5.74, 6) is -1.11. The van der Waals surface area contributed by atoms with Gasteiger partial charge in [0.15, 0.2) is 11.6 Å². The van der Waals surface area contributed by atoms with E-state index < -0.39 is 11.7 Å². The van der Waals surface area contributed by atoms with Crippen LogP contribution < -0.4 is 10.6 Å². The normalized spacial score (nSPS) is 10.3. The summed E-state index contributed by atoms with van der Waals surface area (Å²) >= 11 is 0. The second-order valence-electron chi connectivity index (χ2n) is 4.59. The number of nitrogens with zero attached hydrogens (tertiary/aromatic N) is 2. The molecule has 5 nitrogen and oxygen atoms in total. The number of pyridine rings is 2. The molecule has 0 bridgehead atoms. The van der Waals surface area contributed by atoms with Crippen molar-refractivity contribution in [3.63, 3.8) is 0 Å². The summed E-state index contributed by atoms with van der Waals surface area (Å²) in [6.45, 7) is 6.00. The Kier molecular flexibility index (Phi) is 4.47. The highest BCUT2D eigenvalue weighted by atomic mass is 19.1. The first-order chi connectivity index (χ1) is 10.0. The number of nitrogens with one attached hydrogen (secondary N) is 2. The molecule has 0 atom stereocenters. The molecule has 110 valence electrons. The van der Waals surface area contributed by atoms with Gasteiger partial charge in [0, 0.05) is 18.4 Å². The van der Waals surface area contributed by atoms with E-state index in [0.29, 0.717) is 17.9 Å². The molecule has 0 aromatic carbocycles. The minimum absolute atomic E-state index is 0.0547. The molecule has 2 aromatic heterocycles. The second kappa shape index (κ2) is 6.30. The minimum atomic E-state index is -0.658. The molecule has 2 aromatic rings. The van der Waals surface area contributed by atoms with Gasteiger partial charge in [0.1, 0.15) is 0 Å². The van der Waals surface area contributed by atoms with E-state index in [-0.39, 0.29) is 11.4 Å². The van der Waals surface area contributed by atoms with E-state index in [0.717, 1.165) is 5.69 Å². The monoisotopic (exact) mass is 288 g/mol. The fraction of sp³-hybridized carbons (Fsp3) is 0.267. The van der Waals surface area contributed by atoms with E-state index in [1.54, 1.807) is 19.1 Å². The summed E-state index contributed by atoms with van der Waals surface area (Å²) in [5.41, 5.74) is 2.05. The molecule has 0 aliphatic carbocycles. The lowest BCUT2D eigenvalue weighted by Crippen LogP contribution is -2.16. The molecular formula is C15H17FN4O. The molecule has 0 aliphatic heterocycles. The maximum atomic E-state index is 14.2. The molecular weight excluding hydrogens is 271 g/mol. The van der Waals surface area contributed by atoms with Crippen LogP contribution in [0.25, 0.3) is 0 Å². The molecule has 0 unspecified atom stereocenters. The Bertz CT molecular complexity index is 673. The summed E-state index contributed by atoms with van der Waals surface area (Å²) < 4.78 is 14.2. The van der Waals surface area contributed by atoms with Crippen molar-refractivity contribution >= 4 is 17.4 Å². The molecule has 6 heteroatoms. The number of carbonyl (C=O) groups excluding carboxylic acids is 1. The lowest BCUT2D eigenvalue weighted by molar-refractivity contribution is 0.102. The third kappa shape index (κ3) is 3.34. The van der Waals surface area contributed by atoms with Gasteiger partial charge in [-0.25, -0.2) is 9.37 Å². The zero-order chi connectivity index (χ0) is 15.4. The van der Waals surface area contributed by atoms with E-state index in [1.807, 2.05) is 13.8 Å². The molecule has 2 N–H and O–H groups in total. The van der Waals surface area contributed by atoms with Crippen LogP contribution in [0.15, 0.2) is 24.4 Å². The number of aromatic nitrogens is 2. The van der Waals surface area contributed by atoms with Crippen molar-refractivity contribution in [1.29, 1.82) is 0 Å². The van der Waals surface area contributed by atoms with Crippen LogP contribution in [0, 0.1) is 19.7 Å². The number of hydrogen-bond acceptors (Lipinski definition) is 4. The molecule has 1 amide bonds. The van der Waals surface area contributed by atoms with Crippen molar-refractivity contribution in [3.8, 4) is 0 Å². The SMILES string of the molecule is CCNc1nccc(C(=O)Nc2ccc(C)nc2C)c1F. The molecule has 0 saturated heterocycles. The smallest absolute Gasteiger partial charge is 0.258 e. The predicted octanol–water partition coefficient (Wildman–Crippen LogP) is 2.92. The van der Waals surface area contributed by atoms with Gasteiger partial charge in [-0.05, 0) is 39.0 Å². The summed E-state index contributed by atoms with van der Waals surface area (Å²) in [6, 6.07) is 4.89. The van der Waals surface area contributed by atoms with Gasteiger partial charge in [-0.15, -0.1) is 0 Å². The number of carbonyl (C=O) groups is 1. The largest absolute Gasteiger partial charge is 0.368 e. The van der Waals surface area contributed by atoms with Crippen LogP contribution in [0.5, 0.6) is 0 Å². The average Bonchev–Trinajstić information content (AvgIpc) is 2.44. The Morgan fingerprint density at radius 1 is 1.29 bits per heavy atom. The number of hydrogen-bond donors (Lipinski definition) is 2. The highest BCUT2D eigenvalue weighted by Crippen LogP contribution is 2.18. The van der Waals surface area contributed by atoms with Crippen molar-refractivity contribution in [2.75, 3.05) is 17.2 Å². The second-order valence-corrected chi connectivity index (χ2v) is 4.59. The van der Waals surface area contributed by atoms with Gasteiger partial charge in [-0.3, -0.25) is 9.78 Å². The highest BCUT2D eigenvalue weighted by molar-refractivity contribution is 6.05. The number of halogens is 1. The number of aryl methyl sites for hydroxylation is 2. The average molecular weight is 288 g/mol. The molecule has 0 aliphatic rings. The third-order valence-corrected chi connectivity index (χ3v) is 2.95. The predicted molar refractivity (Wildman–Crippen MR) is 80.0 cm³/mol. The molecule has 0 radical (unpaired) electrons. The molecule has 0 fully saturated rings. The quantitative estimate of drug-likeness (QED) is 0.907. The molecule has 2 heterocycles. The van der Waals surface area contributed by atoms with E-state index in [4.69, 9.17) is 0 Å². The van der Waals surface area contributed by atoms with Gasteiger partial charge in [0.25, 0.3) is 5.91 Å². The van der Waals surface area contributed by atoms with Gasteiger partial charge in [0.05, 0.1) is 16.9 Å². The van der Waals surface area contributed by atoms with Gasteiger partial charge >= 0.3 is 0 Å². The lowest BCUT2D eigenvalue weighted by atomic mass is 10.2. The fourth-order valence-electron chi connectivity index (χ4n) is 1.92. The fourth-order valence-corrected chi connectivity index (χ4v) is 1.92. The van der Waals surface area contributed by atoms with Crippen LogP contribution in [0.1, 0.15) is 28.7 Å². The van der Waals surface area contributed by atoms with Crippen molar-refractivity contribution < 1.29 is 9.18 Å². The van der Waals surface area contributed by atoms with Gasteiger partial charge < -0.3 is 10.6 Å². The van der Waals surface area contributed by atoms with Gasteiger partial charge in [-0.2, -0.15) is 0 Å². The standard InChI is InChI=1S/C15H17FN4O/c1-4-17-14-13(16)11(7-8-18-14)15(21)20-12-6-5-9(2)19-10(12)3/h5-8H,4H2,1-3H3,(H,17,18)(H,20,21). The number of anilines is 2. The Hall–Kier alpha value is -2.50. The minimum Gasteiger partial charge on any atom is -0.368 e. The van der Waals surface area contributed by atoms with E-state index >= 15 is 0 Å². The summed E-state index contributed by atoms with van der Waals surface area (Å²) in [4.78, 5) is 20.3. The number of amides is 1. The topological polar surface area (TPSA) is 66.9 Å².